The van der Waals surface area contributed by atoms with E-state index in [2.05, 4.69) is 89.7 Å². The molecule has 0 aromatic heterocycles. The summed E-state index contributed by atoms with van der Waals surface area (Å²) < 4.78 is 53.4. The van der Waals surface area contributed by atoms with Crippen molar-refractivity contribution in [2.24, 2.45) is 0 Å². The third-order valence-corrected chi connectivity index (χ3v) is 10.8. The van der Waals surface area contributed by atoms with Crippen molar-refractivity contribution in [3.05, 3.63) is 97.2 Å². The fourth-order valence-electron chi connectivity index (χ4n) is 5.72. The first-order chi connectivity index (χ1) is 30.8. The Balaban J connectivity index is 2.45. The summed E-state index contributed by atoms with van der Waals surface area (Å²) in [6, 6.07) is 0. The molecule has 0 aliphatic carbocycles. The van der Waals surface area contributed by atoms with Crippen molar-refractivity contribution < 1.29 is 66.3 Å². The lowest BCUT2D eigenvalue weighted by atomic mass is 10.1. The minimum atomic E-state index is -4.88. The second-order valence-electron chi connectivity index (χ2n) is 15.4. The Labute approximate surface area is 383 Å². The Hall–Kier alpha value is -3.00. The Morgan fingerprint density at radius 2 is 0.969 bits per heavy atom. The van der Waals surface area contributed by atoms with Crippen molar-refractivity contribution in [3.63, 3.8) is 0 Å². The number of carbonyl (C=O) groups is 2. The fourth-order valence-corrected chi connectivity index (χ4v) is 6.87. The minimum absolute atomic E-state index is 0.0120. The summed E-state index contributed by atoms with van der Waals surface area (Å²) in [4.78, 5) is 52.8. The van der Waals surface area contributed by atoms with E-state index in [4.69, 9.17) is 28.5 Å². The standard InChI is InChI=1S/C48H78O14P2/c1-3-5-7-9-11-12-13-14-15-16-17-18-19-20-21-22-25-30-34-38-48(51)61-44(42-60-64(55,56)59-40-43(49)39-58-63(52,53)54)41-57-47(50)37-33-29-26-23-24-28-32-36-46-45(62-46)35-31-27-10-8-6-4-2/h11-12,14-15,17-18,20-21,23,25-28,30-32,43-46,49H,3-10,13,16,19,22,24,29,33-42H2,1-2H3,(H,55,56)(H2,52,53,54)/b12-11-,15-14-,18-17-,21-20-,26-23-,30-25-,31-27-,32-28-/t43-,44+,45?,46?/m0/s1. The lowest BCUT2D eigenvalue weighted by Crippen LogP contribution is -2.29. The summed E-state index contributed by atoms with van der Waals surface area (Å²) in [5, 5.41) is 9.76. The molecule has 1 fully saturated rings. The molecule has 0 bridgehead atoms. The third kappa shape index (κ3) is 39.4. The summed E-state index contributed by atoms with van der Waals surface area (Å²) in [6.07, 6.45) is 48.7. The van der Waals surface area contributed by atoms with Crippen LogP contribution in [0.1, 0.15) is 142 Å². The highest BCUT2D eigenvalue weighted by Crippen LogP contribution is 2.44. The average molecular weight is 941 g/mol. The van der Waals surface area contributed by atoms with Crippen LogP contribution in [0.4, 0.5) is 0 Å². The fraction of sp³-hybridized carbons (Fsp3) is 0.625. The van der Waals surface area contributed by atoms with Crippen LogP contribution in [0.15, 0.2) is 97.2 Å². The number of phosphoric ester groups is 2. The predicted octanol–water partition coefficient (Wildman–Crippen LogP) is 11.1. The van der Waals surface area contributed by atoms with Crippen LogP contribution in [0.2, 0.25) is 0 Å². The number of allylic oxidation sites excluding steroid dienone is 14. The molecule has 4 N–H and O–H groups in total. The van der Waals surface area contributed by atoms with Gasteiger partial charge in [0.25, 0.3) is 0 Å². The number of unbranched alkanes of at least 4 members (excludes halogenated alkanes) is 7. The van der Waals surface area contributed by atoms with Crippen LogP contribution in [-0.4, -0.2) is 82.6 Å². The molecule has 0 spiro atoms. The molecule has 1 rings (SSSR count). The minimum Gasteiger partial charge on any atom is -0.462 e. The number of hydrogen-bond acceptors (Lipinski definition) is 11. The number of rotatable bonds is 41. The number of hydrogen-bond donors (Lipinski definition) is 4. The molecule has 3 unspecified atom stereocenters. The molecule has 1 heterocycles. The molecule has 0 aromatic carbocycles. The number of aliphatic hydroxyl groups excluding tert-OH is 1. The van der Waals surface area contributed by atoms with Gasteiger partial charge in [-0.15, -0.1) is 0 Å². The van der Waals surface area contributed by atoms with Crippen molar-refractivity contribution in [3.8, 4) is 0 Å². The summed E-state index contributed by atoms with van der Waals surface area (Å²) in [5.41, 5.74) is 0. The van der Waals surface area contributed by atoms with Crippen molar-refractivity contribution in [1.82, 2.24) is 0 Å². The van der Waals surface area contributed by atoms with Crippen LogP contribution in [0, 0.1) is 0 Å². The van der Waals surface area contributed by atoms with Crippen molar-refractivity contribution in [2.45, 2.75) is 167 Å². The Morgan fingerprint density at radius 1 is 0.531 bits per heavy atom. The van der Waals surface area contributed by atoms with Gasteiger partial charge in [0.1, 0.15) is 12.7 Å². The first-order valence-corrected chi connectivity index (χ1v) is 26.1. The van der Waals surface area contributed by atoms with Crippen LogP contribution in [0.5, 0.6) is 0 Å². The van der Waals surface area contributed by atoms with Gasteiger partial charge in [-0.1, -0.05) is 137 Å². The van der Waals surface area contributed by atoms with Crippen molar-refractivity contribution in [1.29, 1.82) is 0 Å². The molecule has 1 aliphatic rings. The molecule has 14 nitrogen and oxygen atoms in total. The van der Waals surface area contributed by atoms with Crippen LogP contribution >= 0.6 is 15.6 Å². The molecule has 0 amide bonds. The van der Waals surface area contributed by atoms with E-state index in [1.54, 1.807) is 0 Å². The van der Waals surface area contributed by atoms with E-state index in [-0.39, 0.29) is 12.8 Å². The highest BCUT2D eigenvalue weighted by molar-refractivity contribution is 7.47. The zero-order chi connectivity index (χ0) is 47.0. The molecule has 5 atom stereocenters. The van der Waals surface area contributed by atoms with Crippen molar-refractivity contribution >= 4 is 27.6 Å². The summed E-state index contributed by atoms with van der Waals surface area (Å²) in [5.74, 6) is -1.21. The van der Waals surface area contributed by atoms with E-state index in [0.717, 1.165) is 51.4 Å². The van der Waals surface area contributed by atoms with Crippen LogP contribution in [0.25, 0.3) is 0 Å². The van der Waals surface area contributed by atoms with Crippen LogP contribution in [0.3, 0.4) is 0 Å². The van der Waals surface area contributed by atoms with Gasteiger partial charge in [-0.2, -0.15) is 0 Å². The smallest absolute Gasteiger partial charge is 0.462 e. The number of phosphoric acid groups is 2. The molecule has 1 saturated heterocycles. The molecule has 364 valence electrons. The SMILES string of the molecule is CCCCC/C=C\C/C=C\C/C=C\C/C=C\C/C=C\CCC(=O)O[C@H](COC(=O)CCC/C=C\C/C=C\CC1OC1C/C=C\CCCCC)COP(=O)(O)OC[C@@H](O)COP(=O)(O)O. The molecule has 16 heteroatoms. The predicted molar refractivity (Wildman–Crippen MR) is 252 cm³/mol. The molecule has 0 radical (unpaired) electrons. The molecular weight excluding hydrogens is 862 g/mol. The van der Waals surface area contributed by atoms with E-state index in [9.17, 15) is 28.7 Å². The number of ether oxygens (including phenoxy) is 3. The van der Waals surface area contributed by atoms with Gasteiger partial charge in [-0.05, 0) is 89.9 Å². The lowest BCUT2D eigenvalue weighted by Gasteiger charge is -2.20. The Bertz CT molecular complexity index is 1560. The maximum Gasteiger partial charge on any atom is 0.472 e. The summed E-state index contributed by atoms with van der Waals surface area (Å²) >= 11 is 0. The second kappa shape index (κ2) is 39.2. The summed E-state index contributed by atoms with van der Waals surface area (Å²) in [6.45, 7) is 1.53. The zero-order valence-corrected chi connectivity index (χ0v) is 40.1. The van der Waals surface area contributed by atoms with Gasteiger partial charge < -0.3 is 34.0 Å². The quantitative estimate of drug-likeness (QED) is 0.0148. The Kier molecular flexibility index (Phi) is 36.1. The maximum absolute atomic E-state index is 12.7. The van der Waals surface area contributed by atoms with Crippen LogP contribution < -0.4 is 0 Å². The monoisotopic (exact) mass is 940 g/mol. The van der Waals surface area contributed by atoms with Gasteiger partial charge >= 0.3 is 27.6 Å². The van der Waals surface area contributed by atoms with E-state index in [1.165, 1.54) is 38.5 Å². The first-order valence-electron chi connectivity index (χ1n) is 23.1. The highest BCUT2D eigenvalue weighted by atomic mass is 31.2. The van der Waals surface area contributed by atoms with Crippen LogP contribution in [-0.2, 0) is 46.5 Å². The maximum atomic E-state index is 12.7. The largest absolute Gasteiger partial charge is 0.472 e. The van der Waals surface area contributed by atoms with Gasteiger partial charge in [0.2, 0.25) is 0 Å². The van der Waals surface area contributed by atoms with E-state index < -0.39 is 66.2 Å². The number of esters is 2. The highest BCUT2D eigenvalue weighted by Gasteiger charge is 2.36. The van der Waals surface area contributed by atoms with Gasteiger partial charge in [-0.3, -0.25) is 23.2 Å². The molecule has 64 heavy (non-hydrogen) atoms. The molecular formula is C48H78O14P2. The second-order valence-corrected chi connectivity index (χ2v) is 18.0. The lowest BCUT2D eigenvalue weighted by molar-refractivity contribution is -0.161. The molecule has 0 saturated carbocycles. The van der Waals surface area contributed by atoms with Gasteiger partial charge in [0.15, 0.2) is 6.10 Å². The molecule has 1 aliphatic heterocycles. The van der Waals surface area contributed by atoms with Gasteiger partial charge in [0.05, 0.1) is 32.0 Å². The third-order valence-electron chi connectivity index (χ3n) is 9.35. The topological polar surface area (TPSA) is 208 Å². The van der Waals surface area contributed by atoms with E-state index in [0.29, 0.717) is 37.9 Å². The Morgan fingerprint density at radius 3 is 1.50 bits per heavy atom. The number of carbonyl (C=O) groups excluding carboxylic acids is 2. The van der Waals surface area contributed by atoms with E-state index in [1.807, 2.05) is 30.4 Å². The van der Waals surface area contributed by atoms with Crippen molar-refractivity contribution in [2.75, 3.05) is 26.4 Å². The normalized spacial score (nSPS) is 18.0. The number of epoxide rings is 1. The average Bonchev–Trinajstić information content (AvgIpc) is 4.02. The zero-order valence-electron chi connectivity index (χ0n) is 38.3. The summed E-state index contributed by atoms with van der Waals surface area (Å²) in [7, 11) is -9.74. The van der Waals surface area contributed by atoms with E-state index >= 15 is 0 Å². The van der Waals surface area contributed by atoms with Gasteiger partial charge in [0, 0.05) is 12.8 Å². The van der Waals surface area contributed by atoms with Gasteiger partial charge in [-0.25, -0.2) is 9.13 Å². The molecule has 0 aromatic rings. The first kappa shape index (κ1) is 59.0. The number of aliphatic hydroxyl groups is 1.